The summed E-state index contributed by atoms with van der Waals surface area (Å²) in [6, 6.07) is -0.0460. The predicted molar refractivity (Wildman–Crippen MR) is 104 cm³/mol. The summed E-state index contributed by atoms with van der Waals surface area (Å²) in [5, 5.41) is 15.5. The molecule has 0 heterocycles. The molecule has 1 unspecified atom stereocenters. The second-order valence-electron chi connectivity index (χ2n) is 6.46. The first-order valence-electron chi connectivity index (χ1n) is 9.06. The van der Waals surface area contributed by atoms with Crippen LogP contribution >= 0.6 is 0 Å². The molecule has 0 radical (unpaired) electrons. The van der Waals surface area contributed by atoms with Crippen LogP contribution in [-0.2, 0) is 4.79 Å². The van der Waals surface area contributed by atoms with Crippen molar-refractivity contribution >= 4 is 5.91 Å². The number of nitrogens with one attached hydrogen (secondary N) is 2. The molecule has 5 nitrogen and oxygen atoms in total. The van der Waals surface area contributed by atoms with Gasteiger partial charge in [-0.25, -0.2) is 0 Å². The number of aliphatic hydroxyl groups is 1. The van der Waals surface area contributed by atoms with Gasteiger partial charge < -0.3 is 21.5 Å². The lowest BCUT2D eigenvalue weighted by molar-refractivity contribution is -0.124. The largest absolute Gasteiger partial charge is 0.405 e. The van der Waals surface area contributed by atoms with E-state index < -0.39 is 0 Å². The normalized spacial score (nSPS) is 26.8. The first kappa shape index (κ1) is 21.2. The van der Waals surface area contributed by atoms with E-state index >= 15 is 0 Å². The highest BCUT2D eigenvalue weighted by Gasteiger charge is 2.19. The Hall–Kier alpha value is -1.85. The van der Waals surface area contributed by atoms with Crippen molar-refractivity contribution in [2.75, 3.05) is 13.7 Å². The van der Waals surface area contributed by atoms with Crippen LogP contribution in [0.5, 0.6) is 0 Å². The molecule has 0 spiro atoms. The molecule has 5 N–H and O–H groups in total. The zero-order valence-electron chi connectivity index (χ0n) is 15.7. The van der Waals surface area contributed by atoms with Crippen molar-refractivity contribution < 1.29 is 9.90 Å². The number of likely N-dealkylation sites (N-methyl/N-ethyl adjacent to an activating group) is 1. The zero-order valence-corrected chi connectivity index (χ0v) is 15.7. The fourth-order valence-electron chi connectivity index (χ4n) is 2.81. The van der Waals surface area contributed by atoms with Crippen LogP contribution < -0.4 is 16.4 Å². The summed E-state index contributed by atoms with van der Waals surface area (Å²) in [6.07, 6.45) is 15.1. The van der Waals surface area contributed by atoms with Gasteiger partial charge in [0.05, 0.1) is 18.6 Å². The summed E-state index contributed by atoms with van der Waals surface area (Å²) in [5.74, 6) is -0.317. The highest BCUT2D eigenvalue weighted by molar-refractivity contribution is 5.80. The minimum absolute atomic E-state index is 0.0373. The maximum atomic E-state index is 12.4. The summed E-state index contributed by atoms with van der Waals surface area (Å²) < 4.78 is 0. The second kappa shape index (κ2) is 11.7. The molecule has 0 aromatic carbocycles. The Kier molecular flexibility index (Phi) is 9.88. The minimum Gasteiger partial charge on any atom is -0.405 e. The molecule has 5 heteroatoms. The topological polar surface area (TPSA) is 87.4 Å². The van der Waals surface area contributed by atoms with E-state index in [2.05, 4.69) is 22.8 Å². The van der Waals surface area contributed by atoms with Crippen molar-refractivity contribution in [3.63, 3.8) is 0 Å². The molecular formula is C20H33N3O2. The SMILES string of the molecule is CC[C@@H](CO)NC(=O)C(C)/C=C1/C/C=C\C=C/C/C(=C\N)C[C@H]1NC. The molecule has 3 atom stereocenters. The third kappa shape index (κ3) is 7.28. The van der Waals surface area contributed by atoms with E-state index in [-0.39, 0.29) is 30.5 Å². The number of aliphatic hydroxyl groups excluding tert-OH is 1. The summed E-state index contributed by atoms with van der Waals surface area (Å²) in [4.78, 5) is 12.4. The lowest BCUT2D eigenvalue weighted by Crippen LogP contribution is -2.40. The smallest absolute Gasteiger partial charge is 0.226 e. The van der Waals surface area contributed by atoms with Gasteiger partial charge in [0.15, 0.2) is 0 Å². The summed E-state index contributed by atoms with van der Waals surface area (Å²) >= 11 is 0. The second-order valence-corrected chi connectivity index (χ2v) is 6.46. The van der Waals surface area contributed by atoms with E-state index in [1.807, 2.05) is 39.1 Å². The van der Waals surface area contributed by atoms with Gasteiger partial charge >= 0.3 is 0 Å². The first-order valence-corrected chi connectivity index (χ1v) is 9.06. The molecule has 0 saturated heterocycles. The number of carbonyl (C=O) groups is 1. The van der Waals surface area contributed by atoms with Gasteiger partial charge in [-0.1, -0.05) is 49.8 Å². The summed E-state index contributed by atoms with van der Waals surface area (Å²) in [6.45, 7) is 3.80. The monoisotopic (exact) mass is 347 g/mol. The van der Waals surface area contributed by atoms with Crippen molar-refractivity contribution in [1.82, 2.24) is 10.6 Å². The molecule has 0 aromatic heterocycles. The molecular weight excluding hydrogens is 314 g/mol. The van der Waals surface area contributed by atoms with Gasteiger partial charge in [-0.3, -0.25) is 4.79 Å². The van der Waals surface area contributed by atoms with Gasteiger partial charge in [0.2, 0.25) is 5.91 Å². The number of allylic oxidation sites excluding steroid dienone is 4. The highest BCUT2D eigenvalue weighted by Crippen LogP contribution is 2.21. The van der Waals surface area contributed by atoms with Gasteiger partial charge in [0.1, 0.15) is 0 Å². The van der Waals surface area contributed by atoms with Crippen molar-refractivity contribution in [2.24, 2.45) is 11.7 Å². The van der Waals surface area contributed by atoms with Crippen LogP contribution in [0.25, 0.3) is 0 Å². The molecule has 1 aliphatic rings. The van der Waals surface area contributed by atoms with Crippen LogP contribution in [0.4, 0.5) is 0 Å². The Bertz CT molecular complexity index is 531. The maximum absolute atomic E-state index is 12.4. The molecule has 1 aliphatic carbocycles. The molecule has 0 saturated carbocycles. The number of hydrogen-bond donors (Lipinski definition) is 4. The zero-order chi connectivity index (χ0) is 18.7. The highest BCUT2D eigenvalue weighted by atomic mass is 16.3. The van der Waals surface area contributed by atoms with Gasteiger partial charge in [-0.2, -0.15) is 0 Å². The van der Waals surface area contributed by atoms with Gasteiger partial charge in [0, 0.05) is 6.04 Å². The first-order chi connectivity index (χ1) is 12.0. The van der Waals surface area contributed by atoms with Crippen LogP contribution in [0.2, 0.25) is 0 Å². The number of carbonyl (C=O) groups excluding carboxylic acids is 1. The third-order valence-electron chi connectivity index (χ3n) is 4.55. The number of amides is 1. The average Bonchev–Trinajstić information content (AvgIpc) is 2.63. The van der Waals surface area contributed by atoms with Crippen LogP contribution in [0, 0.1) is 5.92 Å². The predicted octanol–water partition coefficient (Wildman–Crippen LogP) is 2.16. The van der Waals surface area contributed by atoms with Crippen molar-refractivity contribution in [2.45, 2.75) is 51.6 Å². The quantitative estimate of drug-likeness (QED) is 0.555. The van der Waals surface area contributed by atoms with Crippen molar-refractivity contribution in [3.05, 3.63) is 47.7 Å². The Balaban J connectivity index is 2.97. The maximum Gasteiger partial charge on any atom is 0.226 e. The number of hydrogen-bond acceptors (Lipinski definition) is 4. The van der Waals surface area contributed by atoms with Crippen molar-refractivity contribution in [1.29, 1.82) is 0 Å². The van der Waals surface area contributed by atoms with E-state index in [0.29, 0.717) is 6.42 Å². The lowest BCUT2D eigenvalue weighted by atomic mass is 9.91. The molecule has 0 aromatic rings. The van der Waals surface area contributed by atoms with Crippen LogP contribution in [-0.4, -0.2) is 36.8 Å². The Morgan fingerprint density at radius 2 is 2.08 bits per heavy atom. The molecule has 1 rings (SSSR count). The van der Waals surface area contributed by atoms with E-state index in [4.69, 9.17) is 5.73 Å². The Morgan fingerprint density at radius 1 is 1.40 bits per heavy atom. The van der Waals surface area contributed by atoms with Crippen LogP contribution in [0.15, 0.2) is 47.7 Å². The fourth-order valence-corrected chi connectivity index (χ4v) is 2.81. The fraction of sp³-hybridized carbons (Fsp3) is 0.550. The van der Waals surface area contributed by atoms with Gasteiger partial charge in [-0.15, -0.1) is 0 Å². The number of rotatable bonds is 6. The van der Waals surface area contributed by atoms with Gasteiger partial charge in [0.25, 0.3) is 0 Å². The lowest BCUT2D eigenvalue weighted by Gasteiger charge is -2.23. The summed E-state index contributed by atoms with van der Waals surface area (Å²) in [5.41, 5.74) is 8.10. The van der Waals surface area contributed by atoms with Crippen LogP contribution in [0.1, 0.15) is 39.5 Å². The van der Waals surface area contributed by atoms with Crippen molar-refractivity contribution in [3.8, 4) is 0 Å². The van der Waals surface area contributed by atoms with Gasteiger partial charge in [-0.05, 0) is 44.5 Å². The average molecular weight is 348 g/mol. The molecule has 1 amide bonds. The van der Waals surface area contributed by atoms with E-state index in [0.717, 1.165) is 19.3 Å². The molecule has 140 valence electrons. The van der Waals surface area contributed by atoms with E-state index in [1.54, 1.807) is 6.20 Å². The van der Waals surface area contributed by atoms with E-state index in [1.165, 1.54) is 11.1 Å². The molecule has 0 bridgehead atoms. The number of nitrogens with two attached hydrogens (primary N) is 1. The Labute approximate surface area is 151 Å². The van der Waals surface area contributed by atoms with Crippen LogP contribution in [0.3, 0.4) is 0 Å². The minimum atomic E-state index is -0.261. The Morgan fingerprint density at radius 3 is 2.64 bits per heavy atom. The third-order valence-corrected chi connectivity index (χ3v) is 4.55. The standard InChI is InChI=1S/C20H33N3O2/c1-4-18(14-24)23-20(25)15(2)11-17-10-8-6-5-7-9-16(13-21)12-19(17)22-3/h5-8,11,13,15,18-19,22,24H,4,9-10,12,14,21H2,1-3H3,(H,23,25)/b7-5-,8-6-,16-13+,17-11-/t15?,18-,19+/m0/s1. The van der Waals surface area contributed by atoms with E-state index in [9.17, 15) is 9.90 Å². The molecule has 0 aliphatic heterocycles. The molecule has 0 fully saturated rings. The summed E-state index contributed by atoms with van der Waals surface area (Å²) in [7, 11) is 1.93. The molecule has 25 heavy (non-hydrogen) atoms.